The van der Waals surface area contributed by atoms with Crippen LogP contribution in [0.2, 0.25) is 0 Å². The third-order valence-electron chi connectivity index (χ3n) is 4.83. The average molecular weight is 376 g/mol. The lowest BCUT2D eigenvalue weighted by Gasteiger charge is -2.32. The number of rotatable bonds is 3. The first-order valence-electron chi connectivity index (χ1n) is 8.98. The van der Waals surface area contributed by atoms with Gasteiger partial charge in [-0.25, -0.2) is 4.98 Å². The highest BCUT2D eigenvalue weighted by Gasteiger charge is 2.25. The van der Waals surface area contributed by atoms with Crippen molar-refractivity contribution >= 4 is 11.8 Å². The predicted octanol–water partition coefficient (Wildman–Crippen LogP) is 1.55. The van der Waals surface area contributed by atoms with Crippen LogP contribution in [0.5, 0.6) is 0 Å². The summed E-state index contributed by atoms with van der Waals surface area (Å²) < 4.78 is 1.74. The van der Waals surface area contributed by atoms with E-state index < -0.39 is 0 Å². The number of pyridine rings is 1. The number of hydrogen-bond acceptors (Lipinski definition) is 5. The summed E-state index contributed by atoms with van der Waals surface area (Å²) in [6.45, 7) is 3.15. The largest absolute Gasteiger partial charge is 0.342 e. The number of aromatic nitrogens is 4. The molecule has 0 atom stereocenters. The number of benzene rings is 1. The van der Waals surface area contributed by atoms with Crippen LogP contribution in [0.15, 0.2) is 49.2 Å². The summed E-state index contributed by atoms with van der Waals surface area (Å²) in [4.78, 5) is 32.6. The van der Waals surface area contributed by atoms with Gasteiger partial charge in [0.2, 0.25) is 5.91 Å². The molecule has 1 aromatic carbocycles. The van der Waals surface area contributed by atoms with Crippen molar-refractivity contribution in [2.24, 2.45) is 0 Å². The molecule has 1 fully saturated rings. The third kappa shape index (κ3) is 3.36. The van der Waals surface area contributed by atoms with Crippen LogP contribution in [0.4, 0.5) is 0 Å². The Morgan fingerprint density at radius 1 is 1.11 bits per heavy atom. The van der Waals surface area contributed by atoms with E-state index >= 15 is 0 Å². The van der Waals surface area contributed by atoms with Crippen molar-refractivity contribution in [3.05, 3.63) is 60.3 Å². The first-order valence-corrected chi connectivity index (χ1v) is 8.98. The second-order valence-electron chi connectivity index (χ2n) is 6.88. The number of aryl methyl sites for hydroxylation is 1. The number of carbonyl (C=O) groups excluding carboxylic acids is 2. The van der Waals surface area contributed by atoms with Gasteiger partial charge in [-0.15, -0.1) is 10.2 Å². The van der Waals surface area contributed by atoms with Crippen LogP contribution in [-0.2, 0) is 4.79 Å². The molecule has 0 unspecified atom stereocenters. The fraction of sp³-hybridized carbons (Fsp3) is 0.250. The van der Waals surface area contributed by atoms with Crippen LogP contribution in [0.3, 0.4) is 0 Å². The molecule has 1 aliphatic heterocycles. The van der Waals surface area contributed by atoms with E-state index in [1.54, 1.807) is 46.3 Å². The van der Waals surface area contributed by atoms with E-state index in [1.165, 1.54) is 0 Å². The fourth-order valence-electron chi connectivity index (χ4n) is 3.22. The van der Waals surface area contributed by atoms with Crippen LogP contribution in [0.25, 0.3) is 16.9 Å². The summed E-state index contributed by atoms with van der Waals surface area (Å²) in [5.74, 6) is 0.498. The van der Waals surface area contributed by atoms with Crippen molar-refractivity contribution in [3.63, 3.8) is 0 Å². The molecular formula is C20H20N6O2. The quantitative estimate of drug-likeness (QED) is 0.693. The van der Waals surface area contributed by atoms with E-state index in [9.17, 15) is 9.59 Å². The highest BCUT2D eigenvalue weighted by molar-refractivity contribution is 5.98. The molecule has 142 valence electrons. The van der Waals surface area contributed by atoms with Crippen molar-refractivity contribution in [1.82, 2.24) is 29.5 Å². The maximum atomic E-state index is 12.9. The molecule has 0 bridgehead atoms. The molecule has 28 heavy (non-hydrogen) atoms. The lowest BCUT2D eigenvalue weighted by molar-refractivity contribution is -0.133. The lowest BCUT2D eigenvalue weighted by Crippen LogP contribution is -2.50. The fourth-order valence-corrected chi connectivity index (χ4v) is 3.22. The van der Waals surface area contributed by atoms with E-state index in [2.05, 4.69) is 15.2 Å². The summed E-state index contributed by atoms with van der Waals surface area (Å²) >= 11 is 0. The second kappa shape index (κ2) is 7.22. The molecule has 0 saturated carbocycles. The molecule has 1 aliphatic rings. The first-order chi connectivity index (χ1) is 13.5. The first kappa shape index (κ1) is 17.8. The van der Waals surface area contributed by atoms with Crippen molar-refractivity contribution < 1.29 is 9.59 Å². The van der Waals surface area contributed by atoms with Crippen molar-refractivity contribution in [1.29, 1.82) is 0 Å². The smallest absolute Gasteiger partial charge is 0.254 e. The van der Waals surface area contributed by atoms with Crippen LogP contribution in [0.1, 0.15) is 15.9 Å². The van der Waals surface area contributed by atoms with Crippen LogP contribution < -0.4 is 0 Å². The summed E-state index contributed by atoms with van der Waals surface area (Å²) in [5.41, 5.74) is 3.30. The van der Waals surface area contributed by atoms with Crippen LogP contribution in [-0.4, -0.2) is 68.0 Å². The number of hydrogen-bond donors (Lipinski definition) is 0. The monoisotopic (exact) mass is 376 g/mol. The maximum absolute atomic E-state index is 12.9. The third-order valence-corrected chi connectivity index (χ3v) is 4.83. The van der Waals surface area contributed by atoms with E-state index in [0.717, 1.165) is 16.7 Å². The van der Waals surface area contributed by atoms with Gasteiger partial charge in [-0.1, -0.05) is 12.1 Å². The zero-order valence-corrected chi connectivity index (χ0v) is 15.7. The van der Waals surface area contributed by atoms with E-state index in [0.29, 0.717) is 24.5 Å². The van der Waals surface area contributed by atoms with Crippen molar-refractivity contribution in [2.75, 3.05) is 26.7 Å². The Morgan fingerprint density at radius 3 is 2.64 bits per heavy atom. The van der Waals surface area contributed by atoms with Gasteiger partial charge in [0.05, 0.1) is 0 Å². The number of amides is 2. The molecule has 4 rings (SSSR count). The van der Waals surface area contributed by atoms with Crippen molar-refractivity contribution in [2.45, 2.75) is 6.92 Å². The van der Waals surface area contributed by atoms with Gasteiger partial charge < -0.3 is 9.80 Å². The van der Waals surface area contributed by atoms with Gasteiger partial charge in [0.25, 0.3) is 5.91 Å². The van der Waals surface area contributed by atoms with E-state index in [1.807, 2.05) is 31.2 Å². The molecule has 2 amide bonds. The Balaban J connectivity index is 1.69. The van der Waals surface area contributed by atoms with Crippen molar-refractivity contribution in [3.8, 4) is 16.9 Å². The predicted molar refractivity (Wildman–Crippen MR) is 103 cm³/mol. The number of carbonyl (C=O) groups is 2. The highest BCUT2D eigenvalue weighted by Crippen LogP contribution is 2.27. The number of nitrogens with zero attached hydrogens (tertiary/aromatic N) is 6. The van der Waals surface area contributed by atoms with Gasteiger partial charge in [-0.05, 0) is 36.2 Å². The summed E-state index contributed by atoms with van der Waals surface area (Å²) in [5, 5.41) is 7.70. The number of likely N-dealkylation sites (N-methyl/N-ethyl adjacent to an activating group) is 1. The molecule has 1 saturated heterocycles. The van der Waals surface area contributed by atoms with E-state index in [-0.39, 0.29) is 18.4 Å². The van der Waals surface area contributed by atoms with Gasteiger partial charge in [0.15, 0.2) is 0 Å². The zero-order valence-electron chi connectivity index (χ0n) is 15.7. The molecular weight excluding hydrogens is 356 g/mol. The molecule has 0 radical (unpaired) electrons. The Hall–Kier alpha value is -3.55. The van der Waals surface area contributed by atoms with Gasteiger partial charge in [0.1, 0.15) is 25.0 Å². The Kier molecular flexibility index (Phi) is 4.60. The highest BCUT2D eigenvalue weighted by atomic mass is 16.2. The molecule has 2 aromatic heterocycles. The Labute approximate surface area is 162 Å². The lowest BCUT2D eigenvalue weighted by atomic mass is 10.0. The Morgan fingerprint density at radius 2 is 1.89 bits per heavy atom. The molecule has 0 N–H and O–H groups in total. The minimum atomic E-state index is -0.144. The van der Waals surface area contributed by atoms with Crippen LogP contribution >= 0.6 is 0 Å². The zero-order chi connectivity index (χ0) is 19.7. The standard InChI is InChI=1S/C20H20N6O2/c1-14-8-17(19(21-10-14)26-12-22-23-13-26)15-4-3-5-16(9-15)20(28)25-7-6-24(2)18(27)11-25/h3-5,8-10,12-13H,6-7,11H2,1-2H3. The topological polar surface area (TPSA) is 84.2 Å². The molecule has 0 aliphatic carbocycles. The molecule has 0 spiro atoms. The minimum absolute atomic E-state index is 0.0477. The second-order valence-corrected chi connectivity index (χ2v) is 6.88. The normalized spacial score (nSPS) is 14.4. The summed E-state index contributed by atoms with van der Waals surface area (Å²) in [6.07, 6.45) is 4.96. The maximum Gasteiger partial charge on any atom is 0.254 e. The minimum Gasteiger partial charge on any atom is -0.342 e. The SMILES string of the molecule is Cc1cnc(-n2cnnc2)c(-c2cccc(C(=O)N3CCN(C)C(=O)C3)c2)c1. The molecule has 3 aromatic rings. The number of piperazine rings is 1. The van der Waals surface area contributed by atoms with Gasteiger partial charge in [-0.3, -0.25) is 14.2 Å². The molecule has 8 heteroatoms. The Bertz CT molecular complexity index is 1030. The molecule has 8 nitrogen and oxygen atoms in total. The van der Waals surface area contributed by atoms with Crippen LogP contribution in [0, 0.1) is 6.92 Å². The summed E-state index contributed by atoms with van der Waals surface area (Å²) in [7, 11) is 1.75. The van der Waals surface area contributed by atoms with E-state index in [4.69, 9.17) is 0 Å². The summed E-state index contributed by atoms with van der Waals surface area (Å²) in [6, 6.07) is 9.42. The average Bonchev–Trinajstić information content (AvgIpc) is 3.24. The van der Waals surface area contributed by atoms with Gasteiger partial charge >= 0.3 is 0 Å². The molecule has 3 heterocycles. The van der Waals surface area contributed by atoms with Gasteiger partial charge in [0, 0.05) is 37.5 Å². The van der Waals surface area contributed by atoms with Gasteiger partial charge in [-0.2, -0.15) is 0 Å².